The second-order valence-electron chi connectivity index (χ2n) is 4.15. The van der Waals surface area contributed by atoms with Crippen LogP contribution in [-0.2, 0) is 0 Å². The fourth-order valence-corrected chi connectivity index (χ4v) is 2.28. The molecule has 4 heteroatoms. The second-order valence-corrected chi connectivity index (χ2v) is 5.04. The molecule has 0 aliphatic carbocycles. The van der Waals surface area contributed by atoms with E-state index in [0.717, 1.165) is 30.0 Å². The highest BCUT2D eigenvalue weighted by atomic mass is 32.1. The molecule has 1 aromatic carbocycles. The molecule has 0 amide bonds. The maximum atomic E-state index is 5.72. The van der Waals surface area contributed by atoms with E-state index in [1.165, 1.54) is 24.2 Å². The predicted molar refractivity (Wildman–Crippen MR) is 77.0 cm³/mol. The van der Waals surface area contributed by atoms with Gasteiger partial charge in [-0.15, -0.1) is 11.3 Å². The van der Waals surface area contributed by atoms with Crippen molar-refractivity contribution in [3.05, 3.63) is 29.6 Å². The van der Waals surface area contributed by atoms with E-state index in [1.54, 1.807) is 0 Å². The molecule has 0 bridgehead atoms. The Morgan fingerprint density at radius 1 is 1.33 bits per heavy atom. The normalized spacial score (nSPS) is 10.5. The van der Waals surface area contributed by atoms with Gasteiger partial charge in [-0.25, -0.2) is 4.98 Å². The van der Waals surface area contributed by atoms with E-state index in [0.29, 0.717) is 5.13 Å². The Morgan fingerprint density at radius 3 is 2.94 bits per heavy atom. The number of ether oxygens (including phenoxy) is 1. The minimum Gasteiger partial charge on any atom is -0.494 e. The molecule has 18 heavy (non-hydrogen) atoms. The molecule has 0 saturated heterocycles. The Labute approximate surface area is 112 Å². The first-order valence-corrected chi connectivity index (χ1v) is 7.12. The van der Waals surface area contributed by atoms with Crippen LogP contribution >= 0.6 is 11.3 Å². The van der Waals surface area contributed by atoms with Gasteiger partial charge in [0.25, 0.3) is 0 Å². The molecular weight excluding hydrogens is 244 g/mol. The quantitative estimate of drug-likeness (QED) is 0.801. The average Bonchev–Trinajstić information content (AvgIpc) is 2.82. The number of benzene rings is 1. The molecule has 0 radical (unpaired) electrons. The third-order valence-corrected chi connectivity index (χ3v) is 3.34. The van der Waals surface area contributed by atoms with Gasteiger partial charge in [0.05, 0.1) is 12.3 Å². The minimum atomic E-state index is 0.597. The SMILES string of the molecule is CCCCCOc1cccc(-c2csc(N)n2)c1. The number of nitrogens with two attached hydrogens (primary N) is 1. The number of hydrogen-bond acceptors (Lipinski definition) is 4. The first-order valence-electron chi connectivity index (χ1n) is 6.24. The summed E-state index contributed by atoms with van der Waals surface area (Å²) in [5.74, 6) is 0.898. The van der Waals surface area contributed by atoms with Gasteiger partial charge in [0, 0.05) is 10.9 Å². The van der Waals surface area contributed by atoms with Crippen molar-refractivity contribution >= 4 is 16.5 Å². The first kappa shape index (κ1) is 12.9. The van der Waals surface area contributed by atoms with E-state index >= 15 is 0 Å². The maximum absolute atomic E-state index is 5.72. The smallest absolute Gasteiger partial charge is 0.180 e. The van der Waals surface area contributed by atoms with E-state index in [1.807, 2.05) is 29.6 Å². The Bertz CT molecular complexity index is 496. The van der Waals surface area contributed by atoms with E-state index in [4.69, 9.17) is 10.5 Å². The van der Waals surface area contributed by atoms with E-state index in [9.17, 15) is 0 Å². The summed E-state index contributed by atoms with van der Waals surface area (Å²) >= 11 is 1.46. The van der Waals surface area contributed by atoms with Crippen molar-refractivity contribution in [2.45, 2.75) is 26.2 Å². The van der Waals surface area contributed by atoms with Crippen LogP contribution < -0.4 is 10.5 Å². The molecule has 1 heterocycles. The molecule has 2 N–H and O–H groups in total. The third-order valence-electron chi connectivity index (χ3n) is 2.67. The number of unbranched alkanes of at least 4 members (excludes halogenated alkanes) is 2. The van der Waals surface area contributed by atoms with Gasteiger partial charge in [-0.05, 0) is 18.6 Å². The number of anilines is 1. The van der Waals surface area contributed by atoms with Crippen molar-refractivity contribution in [2.75, 3.05) is 12.3 Å². The van der Waals surface area contributed by atoms with Crippen molar-refractivity contribution in [2.24, 2.45) is 0 Å². The molecular formula is C14H18N2OS. The summed E-state index contributed by atoms with van der Waals surface area (Å²) in [6.45, 7) is 2.96. The maximum Gasteiger partial charge on any atom is 0.180 e. The lowest BCUT2D eigenvalue weighted by atomic mass is 10.1. The van der Waals surface area contributed by atoms with Crippen molar-refractivity contribution in [3.8, 4) is 17.0 Å². The highest BCUT2D eigenvalue weighted by Crippen LogP contribution is 2.26. The highest BCUT2D eigenvalue weighted by molar-refractivity contribution is 7.13. The van der Waals surface area contributed by atoms with E-state index in [2.05, 4.69) is 11.9 Å². The van der Waals surface area contributed by atoms with Gasteiger partial charge in [-0.1, -0.05) is 31.9 Å². The van der Waals surface area contributed by atoms with Gasteiger partial charge in [0.1, 0.15) is 5.75 Å². The Kier molecular flexibility index (Phi) is 4.59. The topological polar surface area (TPSA) is 48.1 Å². The van der Waals surface area contributed by atoms with Crippen LogP contribution in [0.4, 0.5) is 5.13 Å². The fourth-order valence-electron chi connectivity index (χ4n) is 1.71. The van der Waals surface area contributed by atoms with Gasteiger partial charge < -0.3 is 10.5 Å². The summed E-state index contributed by atoms with van der Waals surface area (Å²) < 4.78 is 5.72. The number of nitrogens with zero attached hydrogens (tertiary/aromatic N) is 1. The largest absolute Gasteiger partial charge is 0.494 e. The van der Waals surface area contributed by atoms with Crippen LogP contribution in [0.2, 0.25) is 0 Å². The fraction of sp³-hybridized carbons (Fsp3) is 0.357. The zero-order valence-corrected chi connectivity index (χ0v) is 11.4. The first-order chi connectivity index (χ1) is 8.79. The molecule has 3 nitrogen and oxygen atoms in total. The number of nitrogen functional groups attached to an aromatic ring is 1. The number of thiazole rings is 1. The summed E-state index contributed by atoms with van der Waals surface area (Å²) in [4.78, 5) is 4.27. The summed E-state index contributed by atoms with van der Waals surface area (Å²) in [5, 5.41) is 2.56. The molecule has 0 atom stereocenters. The summed E-state index contributed by atoms with van der Waals surface area (Å²) in [7, 11) is 0. The van der Waals surface area contributed by atoms with E-state index in [-0.39, 0.29) is 0 Å². The van der Waals surface area contributed by atoms with Gasteiger partial charge in [-0.2, -0.15) is 0 Å². The van der Waals surface area contributed by atoms with Crippen molar-refractivity contribution in [3.63, 3.8) is 0 Å². The monoisotopic (exact) mass is 262 g/mol. The zero-order chi connectivity index (χ0) is 12.8. The Morgan fingerprint density at radius 2 is 2.22 bits per heavy atom. The number of hydrogen-bond donors (Lipinski definition) is 1. The van der Waals surface area contributed by atoms with Crippen LogP contribution in [0.3, 0.4) is 0 Å². The molecule has 0 spiro atoms. The van der Waals surface area contributed by atoms with Crippen molar-refractivity contribution in [1.82, 2.24) is 4.98 Å². The van der Waals surface area contributed by atoms with Gasteiger partial charge in [0.2, 0.25) is 0 Å². The molecule has 0 saturated carbocycles. The summed E-state index contributed by atoms with van der Waals surface area (Å²) in [5.41, 5.74) is 7.61. The van der Waals surface area contributed by atoms with Crippen LogP contribution in [0.5, 0.6) is 5.75 Å². The summed E-state index contributed by atoms with van der Waals surface area (Å²) in [6, 6.07) is 8.00. The molecule has 1 aromatic heterocycles. The predicted octanol–water partition coefficient (Wildman–Crippen LogP) is 3.96. The molecule has 2 aromatic rings. The summed E-state index contributed by atoms with van der Waals surface area (Å²) in [6.07, 6.45) is 3.52. The van der Waals surface area contributed by atoms with Gasteiger partial charge in [-0.3, -0.25) is 0 Å². The van der Waals surface area contributed by atoms with Crippen LogP contribution in [0, 0.1) is 0 Å². The lowest BCUT2D eigenvalue weighted by Crippen LogP contribution is -1.96. The van der Waals surface area contributed by atoms with Crippen LogP contribution in [0.1, 0.15) is 26.2 Å². The van der Waals surface area contributed by atoms with Gasteiger partial charge in [0.15, 0.2) is 5.13 Å². The molecule has 0 fully saturated rings. The third kappa shape index (κ3) is 3.47. The van der Waals surface area contributed by atoms with E-state index < -0.39 is 0 Å². The van der Waals surface area contributed by atoms with Gasteiger partial charge >= 0.3 is 0 Å². The number of rotatable bonds is 6. The van der Waals surface area contributed by atoms with Crippen LogP contribution in [0.15, 0.2) is 29.6 Å². The molecule has 96 valence electrons. The highest BCUT2D eigenvalue weighted by Gasteiger charge is 2.03. The lowest BCUT2D eigenvalue weighted by molar-refractivity contribution is 0.306. The molecule has 0 unspecified atom stereocenters. The standard InChI is InChI=1S/C14H18N2OS/c1-2-3-4-8-17-12-7-5-6-11(9-12)13-10-18-14(15)16-13/h5-7,9-10H,2-4,8H2,1H3,(H2,15,16). The minimum absolute atomic E-state index is 0.597. The zero-order valence-electron chi connectivity index (χ0n) is 10.6. The van der Waals surface area contributed by atoms with Crippen LogP contribution in [0.25, 0.3) is 11.3 Å². The van der Waals surface area contributed by atoms with Crippen LogP contribution in [-0.4, -0.2) is 11.6 Å². The Balaban J connectivity index is 2.01. The second kappa shape index (κ2) is 6.40. The lowest BCUT2D eigenvalue weighted by Gasteiger charge is -2.06. The van der Waals surface area contributed by atoms with Crippen molar-refractivity contribution in [1.29, 1.82) is 0 Å². The molecule has 0 aliphatic heterocycles. The van der Waals surface area contributed by atoms with Crippen molar-refractivity contribution < 1.29 is 4.74 Å². The average molecular weight is 262 g/mol. The Hall–Kier alpha value is -1.55. The molecule has 0 aliphatic rings. The number of aromatic nitrogens is 1. The molecule has 2 rings (SSSR count).